The van der Waals surface area contributed by atoms with E-state index in [9.17, 15) is 4.79 Å². The van der Waals surface area contributed by atoms with Crippen LogP contribution < -0.4 is 11.1 Å². The zero-order valence-electron chi connectivity index (χ0n) is 10.5. The molecule has 0 aliphatic heterocycles. The number of anilines is 1. The van der Waals surface area contributed by atoms with Gasteiger partial charge < -0.3 is 11.1 Å². The van der Waals surface area contributed by atoms with Gasteiger partial charge in [-0.15, -0.1) is 0 Å². The minimum atomic E-state index is 0.00238. The molecule has 17 heavy (non-hydrogen) atoms. The predicted molar refractivity (Wildman–Crippen MR) is 70.8 cm³/mol. The first kappa shape index (κ1) is 13.7. The van der Waals surface area contributed by atoms with Crippen molar-refractivity contribution < 1.29 is 4.79 Å². The highest BCUT2D eigenvalue weighted by Gasteiger charge is 2.12. The molecule has 0 heterocycles. The van der Waals surface area contributed by atoms with Gasteiger partial charge in [0.2, 0.25) is 5.91 Å². The molecule has 0 bridgehead atoms. The highest BCUT2D eigenvalue weighted by atomic mass is 16.2. The smallest absolute Gasteiger partial charge is 0.238 e. The Balaban J connectivity index is 2.39. The van der Waals surface area contributed by atoms with Crippen LogP contribution in [0.1, 0.15) is 13.3 Å². The molecule has 0 fully saturated rings. The minimum absolute atomic E-state index is 0.00238. The second kappa shape index (κ2) is 7.04. The summed E-state index contributed by atoms with van der Waals surface area (Å²) >= 11 is 0. The highest BCUT2D eigenvalue weighted by Crippen LogP contribution is 2.05. The summed E-state index contributed by atoms with van der Waals surface area (Å²) in [7, 11) is 1.94. The molecule has 1 aromatic carbocycles. The fraction of sp³-hybridized carbons (Fsp3) is 0.462. The van der Waals surface area contributed by atoms with Gasteiger partial charge in [0.1, 0.15) is 0 Å². The van der Waals surface area contributed by atoms with Gasteiger partial charge in [0.25, 0.3) is 0 Å². The summed E-state index contributed by atoms with van der Waals surface area (Å²) < 4.78 is 0. The molecule has 94 valence electrons. The Hall–Kier alpha value is -1.39. The first-order valence-corrected chi connectivity index (χ1v) is 5.88. The van der Waals surface area contributed by atoms with E-state index >= 15 is 0 Å². The van der Waals surface area contributed by atoms with Crippen molar-refractivity contribution in [2.24, 2.45) is 5.73 Å². The molecule has 0 aliphatic carbocycles. The summed E-state index contributed by atoms with van der Waals surface area (Å²) in [5, 5.41) is 2.86. The van der Waals surface area contributed by atoms with E-state index in [0.29, 0.717) is 19.1 Å². The summed E-state index contributed by atoms with van der Waals surface area (Å²) in [6.45, 7) is 3.10. The third kappa shape index (κ3) is 4.97. The van der Waals surface area contributed by atoms with Crippen LogP contribution in [0.4, 0.5) is 5.69 Å². The maximum absolute atomic E-state index is 11.7. The number of benzene rings is 1. The van der Waals surface area contributed by atoms with Crippen molar-refractivity contribution in [3.05, 3.63) is 30.3 Å². The minimum Gasteiger partial charge on any atom is -0.330 e. The molecule has 1 aromatic rings. The summed E-state index contributed by atoms with van der Waals surface area (Å²) in [5.41, 5.74) is 6.33. The van der Waals surface area contributed by atoms with Gasteiger partial charge in [0, 0.05) is 11.7 Å². The van der Waals surface area contributed by atoms with E-state index in [1.807, 2.05) is 42.3 Å². The van der Waals surface area contributed by atoms with E-state index in [2.05, 4.69) is 12.2 Å². The SMILES string of the molecule is CC(CCN)N(C)CC(=O)Nc1ccccc1. The van der Waals surface area contributed by atoms with Crippen LogP contribution in [-0.4, -0.2) is 37.0 Å². The number of rotatable bonds is 6. The van der Waals surface area contributed by atoms with Crippen LogP contribution in [-0.2, 0) is 4.79 Å². The van der Waals surface area contributed by atoms with Crippen molar-refractivity contribution in [2.45, 2.75) is 19.4 Å². The molecule has 4 nitrogen and oxygen atoms in total. The maximum atomic E-state index is 11.7. The fourth-order valence-corrected chi connectivity index (χ4v) is 1.57. The van der Waals surface area contributed by atoms with E-state index in [-0.39, 0.29) is 5.91 Å². The van der Waals surface area contributed by atoms with Crippen LogP contribution in [0.2, 0.25) is 0 Å². The van der Waals surface area contributed by atoms with Gasteiger partial charge in [0.15, 0.2) is 0 Å². The van der Waals surface area contributed by atoms with Gasteiger partial charge in [-0.1, -0.05) is 18.2 Å². The molecule has 4 heteroatoms. The molecule has 1 amide bonds. The van der Waals surface area contributed by atoms with Crippen molar-refractivity contribution >= 4 is 11.6 Å². The Morgan fingerprint density at radius 1 is 1.41 bits per heavy atom. The molecule has 1 rings (SSSR count). The Bertz CT molecular complexity index is 340. The average Bonchev–Trinajstić information content (AvgIpc) is 2.30. The Morgan fingerprint density at radius 2 is 2.06 bits per heavy atom. The molecule has 1 unspecified atom stereocenters. The molecule has 0 saturated carbocycles. The maximum Gasteiger partial charge on any atom is 0.238 e. The van der Waals surface area contributed by atoms with Crippen LogP contribution in [0.3, 0.4) is 0 Å². The lowest BCUT2D eigenvalue weighted by Crippen LogP contribution is -2.37. The highest BCUT2D eigenvalue weighted by molar-refractivity contribution is 5.92. The molecule has 0 saturated heterocycles. The van der Waals surface area contributed by atoms with Gasteiger partial charge >= 0.3 is 0 Å². The Morgan fingerprint density at radius 3 is 2.65 bits per heavy atom. The lowest BCUT2D eigenvalue weighted by atomic mass is 10.2. The number of hydrogen-bond acceptors (Lipinski definition) is 3. The third-order valence-corrected chi connectivity index (χ3v) is 2.79. The molecule has 3 N–H and O–H groups in total. The molecule has 0 aromatic heterocycles. The first-order chi connectivity index (χ1) is 8.13. The lowest BCUT2D eigenvalue weighted by molar-refractivity contribution is -0.117. The van der Waals surface area contributed by atoms with E-state index in [0.717, 1.165) is 12.1 Å². The zero-order chi connectivity index (χ0) is 12.7. The van der Waals surface area contributed by atoms with Crippen LogP contribution in [0.15, 0.2) is 30.3 Å². The number of para-hydroxylation sites is 1. The number of nitrogens with two attached hydrogens (primary N) is 1. The first-order valence-electron chi connectivity index (χ1n) is 5.88. The van der Waals surface area contributed by atoms with Gasteiger partial charge in [-0.2, -0.15) is 0 Å². The number of carbonyl (C=O) groups is 1. The van der Waals surface area contributed by atoms with Crippen LogP contribution >= 0.6 is 0 Å². The summed E-state index contributed by atoms with van der Waals surface area (Å²) in [5.74, 6) is 0.00238. The predicted octanol–water partition coefficient (Wildman–Crippen LogP) is 1.29. The summed E-state index contributed by atoms with van der Waals surface area (Å²) in [6.07, 6.45) is 0.898. The van der Waals surface area contributed by atoms with E-state index in [1.54, 1.807) is 0 Å². The second-order valence-corrected chi connectivity index (χ2v) is 4.26. The number of carbonyl (C=O) groups excluding carboxylic acids is 1. The van der Waals surface area contributed by atoms with Crippen molar-refractivity contribution in [2.75, 3.05) is 25.5 Å². The van der Waals surface area contributed by atoms with Gasteiger partial charge in [-0.3, -0.25) is 9.69 Å². The van der Waals surface area contributed by atoms with Crippen LogP contribution in [0, 0.1) is 0 Å². The van der Waals surface area contributed by atoms with Crippen molar-refractivity contribution in [1.82, 2.24) is 4.90 Å². The van der Waals surface area contributed by atoms with Gasteiger partial charge in [-0.25, -0.2) is 0 Å². The van der Waals surface area contributed by atoms with E-state index in [4.69, 9.17) is 5.73 Å². The van der Waals surface area contributed by atoms with E-state index in [1.165, 1.54) is 0 Å². The standard InChI is InChI=1S/C13H21N3O/c1-11(8-9-14)16(2)10-13(17)15-12-6-4-3-5-7-12/h3-7,11H,8-10,14H2,1-2H3,(H,15,17). The average molecular weight is 235 g/mol. The number of hydrogen-bond donors (Lipinski definition) is 2. The second-order valence-electron chi connectivity index (χ2n) is 4.26. The lowest BCUT2D eigenvalue weighted by Gasteiger charge is -2.23. The summed E-state index contributed by atoms with van der Waals surface area (Å²) in [6, 6.07) is 9.79. The number of nitrogens with one attached hydrogen (secondary N) is 1. The molecule has 1 atom stereocenters. The van der Waals surface area contributed by atoms with Gasteiger partial charge in [-0.05, 0) is 39.1 Å². The molecular weight excluding hydrogens is 214 g/mol. The van der Waals surface area contributed by atoms with Crippen LogP contribution in [0.5, 0.6) is 0 Å². The normalized spacial score (nSPS) is 12.5. The monoisotopic (exact) mass is 235 g/mol. The number of amides is 1. The Kier molecular flexibility index (Phi) is 5.66. The molecule has 0 spiro atoms. The largest absolute Gasteiger partial charge is 0.330 e. The number of nitrogens with zero attached hydrogens (tertiary/aromatic N) is 1. The van der Waals surface area contributed by atoms with Gasteiger partial charge in [0.05, 0.1) is 6.54 Å². The van der Waals surface area contributed by atoms with E-state index < -0.39 is 0 Å². The summed E-state index contributed by atoms with van der Waals surface area (Å²) in [4.78, 5) is 13.8. The molecule has 0 radical (unpaired) electrons. The number of likely N-dealkylation sites (N-methyl/N-ethyl adjacent to an activating group) is 1. The Labute approximate surface area is 103 Å². The quantitative estimate of drug-likeness (QED) is 0.781. The molecule has 0 aliphatic rings. The van der Waals surface area contributed by atoms with Crippen LogP contribution in [0.25, 0.3) is 0 Å². The topological polar surface area (TPSA) is 58.4 Å². The third-order valence-electron chi connectivity index (χ3n) is 2.79. The van der Waals surface area contributed by atoms with Crippen molar-refractivity contribution in [3.8, 4) is 0 Å². The fourth-order valence-electron chi connectivity index (χ4n) is 1.57. The zero-order valence-corrected chi connectivity index (χ0v) is 10.5. The van der Waals surface area contributed by atoms with Crippen molar-refractivity contribution in [1.29, 1.82) is 0 Å². The molecular formula is C13H21N3O. The van der Waals surface area contributed by atoms with Crippen molar-refractivity contribution in [3.63, 3.8) is 0 Å².